The highest BCUT2D eigenvalue weighted by Gasteiger charge is 2.31. The van der Waals surface area contributed by atoms with Crippen LogP contribution >= 0.6 is 21.6 Å². The summed E-state index contributed by atoms with van der Waals surface area (Å²) in [5, 5.41) is 56.5. The maximum absolute atomic E-state index is 12.7. The van der Waals surface area contributed by atoms with Crippen LogP contribution in [0.15, 0.2) is 0 Å². The molecule has 10 N–H and O–H groups in total. The number of aliphatic carboxylic acids is 5. The standard InChI is InChI=1S/C32H49N5O16S2/c1-16(38)33-21(15-54-55-32(2,3)4)22(39)9-7-5-6-8-10-23(40)34-17(28(46)47)11-24(41)35-18(29(48)49)12-25(42)36-19(30(50)51)13-26(43)37-20(31(52)53)14-27(44)45/h17-21H,5-15H2,1-4H3,(H,33,38)(H,34,40)(H,35,41)(H,36,42)(H,37,43)(H,44,45)(H,46,47)(H,48,49)(H,50,51)(H,52,53). The van der Waals surface area contributed by atoms with E-state index in [0.717, 1.165) is 0 Å². The third-order valence-corrected chi connectivity index (χ3v) is 10.3. The SMILES string of the molecule is CC(=O)NC(CSSC(C)(C)C)C(=O)CCCCCCC(=O)NC(CC(=O)NC(CC(=O)NC(CC(=O)NC(CC(=O)O)C(=O)O)C(=O)O)C(=O)O)C(=O)O. The second-order valence-corrected chi connectivity index (χ2v) is 16.3. The lowest BCUT2D eigenvalue weighted by molar-refractivity contribution is -0.148. The number of hydrogen-bond donors (Lipinski definition) is 10. The van der Waals surface area contributed by atoms with Gasteiger partial charge in [-0.05, 0) is 12.8 Å². The molecule has 0 aliphatic carbocycles. The minimum absolute atomic E-state index is 0.0306. The van der Waals surface area contributed by atoms with Crippen LogP contribution < -0.4 is 26.6 Å². The van der Waals surface area contributed by atoms with Gasteiger partial charge in [0.1, 0.15) is 24.2 Å². The fourth-order valence-corrected chi connectivity index (χ4v) is 6.91. The van der Waals surface area contributed by atoms with E-state index < -0.39 is 109 Å². The second kappa shape index (κ2) is 25.2. The van der Waals surface area contributed by atoms with Gasteiger partial charge in [-0.3, -0.25) is 33.6 Å². The lowest BCUT2D eigenvalue weighted by Crippen LogP contribution is -2.51. The van der Waals surface area contributed by atoms with Gasteiger partial charge in [0.05, 0.1) is 31.7 Å². The summed E-state index contributed by atoms with van der Waals surface area (Å²) in [4.78, 5) is 131. The van der Waals surface area contributed by atoms with Gasteiger partial charge < -0.3 is 52.1 Å². The number of carbonyl (C=O) groups excluding carboxylic acids is 6. The zero-order chi connectivity index (χ0) is 42.5. The van der Waals surface area contributed by atoms with Gasteiger partial charge in [0, 0.05) is 30.3 Å². The molecule has 0 aliphatic rings. The summed E-state index contributed by atoms with van der Waals surface area (Å²) in [5.74, 6) is -13.1. The molecule has 0 aromatic carbocycles. The molecule has 0 heterocycles. The molecule has 23 heteroatoms. The van der Waals surface area contributed by atoms with Crippen LogP contribution in [0, 0.1) is 0 Å². The summed E-state index contributed by atoms with van der Waals surface area (Å²) >= 11 is 0. The quantitative estimate of drug-likeness (QED) is 0.0351. The zero-order valence-electron chi connectivity index (χ0n) is 30.7. The summed E-state index contributed by atoms with van der Waals surface area (Å²) in [6.07, 6.45) is -2.23. The molecule has 0 spiro atoms. The first-order chi connectivity index (χ1) is 25.4. The van der Waals surface area contributed by atoms with Crippen molar-refractivity contribution in [3.05, 3.63) is 0 Å². The minimum atomic E-state index is -2.03. The number of ketones is 1. The highest BCUT2D eigenvalue weighted by Crippen LogP contribution is 2.35. The van der Waals surface area contributed by atoms with E-state index in [1.165, 1.54) is 17.7 Å². The van der Waals surface area contributed by atoms with Gasteiger partial charge >= 0.3 is 29.8 Å². The van der Waals surface area contributed by atoms with Crippen molar-refractivity contribution in [2.24, 2.45) is 0 Å². The van der Waals surface area contributed by atoms with E-state index in [0.29, 0.717) is 31.4 Å². The van der Waals surface area contributed by atoms with Crippen molar-refractivity contribution in [2.45, 2.75) is 127 Å². The molecule has 0 saturated heterocycles. The topological polar surface area (TPSA) is 349 Å². The summed E-state index contributed by atoms with van der Waals surface area (Å²) in [5.41, 5.74) is 0. The summed E-state index contributed by atoms with van der Waals surface area (Å²) in [7, 11) is 3.08. The molecule has 5 atom stereocenters. The Bertz CT molecular complexity index is 1440. The van der Waals surface area contributed by atoms with Gasteiger partial charge in [-0.25, -0.2) is 19.2 Å². The smallest absolute Gasteiger partial charge is 0.326 e. The van der Waals surface area contributed by atoms with Crippen LogP contribution in [-0.4, -0.2) is 131 Å². The predicted molar refractivity (Wildman–Crippen MR) is 194 cm³/mol. The van der Waals surface area contributed by atoms with E-state index in [4.69, 9.17) is 10.2 Å². The van der Waals surface area contributed by atoms with Gasteiger partial charge in [-0.1, -0.05) is 55.2 Å². The van der Waals surface area contributed by atoms with E-state index in [-0.39, 0.29) is 29.3 Å². The molecule has 310 valence electrons. The Morgan fingerprint density at radius 2 is 0.855 bits per heavy atom. The molecule has 5 unspecified atom stereocenters. The number of unbranched alkanes of at least 4 members (excludes halogenated alkanes) is 3. The molecule has 0 aliphatic heterocycles. The predicted octanol–water partition coefficient (Wildman–Crippen LogP) is -0.497. The van der Waals surface area contributed by atoms with Gasteiger partial charge in [-0.2, -0.15) is 0 Å². The molecular formula is C32H49N5O16S2. The van der Waals surface area contributed by atoms with Gasteiger partial charge in [0.25, 0.3) is 0 Å². The molecule has 0 aromatic heterocycles. The number of nitrogens with one attached hydrogen (secondary N) is 5. The average Bonchev–Trinajstić information content (AvgIpc) is 3.03. The zero-order valence-corrected chi connectivity index (χ0v) is 32.3. The van der Waals surface area contributed by atoms with Crippen molar-refractivity contribution in [2.75, 3.05) is 5.75 Å². The average molecular weight is 824 g/mol. The number of carbonyl (C=O) groups is 11. The van der Waals surface area contributed by atoms with Crippen molar-refractivity contribution < 1.29 is 78.3 Å². The largest absolute Gasteiger partial charge is 0.481 e. The monoisotopic (exact) mass is 823 g/mol. The normalized spacial score (nSPS) is 13.7. The van der Waals surface area contributed by atoms with Crippen LogP contribution in [0.3, 0.4) is 0 Å². The molecular weight excluding hydrogens is 775 g/mol. The van der Waals surface area contributed by atoms with Gasteiger partial charge in [-0.15, -0.1) is 0 Å². The van der Waals surface area contributed by atoms with Crippen molar-refractivity contribution in [3.63, 3.8) is 0 Å². The molecule has 0 radical (unpaired) electrons. The maximum Gasteiger partial charge on any atom is 0.326 e. The Balaban J connectivity index is 4.97. The Hall–Kier alpha value is -4.93. The Morgan fingerprint density at radius 1 is 0.491 bits per heavy atom. The third kappa shape index (κ3) is 24.2. The van der Waals surface area contributed by atoms with Crippen LogP contribution in [0.1, 0.15) is 91.9 Å². The first-order valence-corrected chi connectivity index (χ1v) is 19.1. The molecule has 0 aromatic rings. The first kappa shape index (κ1) is 50.1. The maximum atomic E-state index is 12.7. The highest BCUT2D eigenvalue weighted by atomic mass is 33.1. The van der Waals surface area contributed by atoms with Gasteiger partial charge in [0.2, 0.25) is 29.5 Å². The van der Waals surface area contributed by atoms with Crippen molar-refractivity contribution in [3.8, 4) is 0 Å². The number of rotatable bonds is 28. The lowest BCUT2D eigenvalue weighted by Gasteiger charge is -2.20. The number of hydrogen-bond acceptors (Lipinski definition) is 13. The highest BCUT2D eigenvalue weighted by molar-refractivity contribution is 8.77. The molecule has 55 heavy (non-hydrogen) atoms. The third-order valence-electron chi connectivity index (χ3n) is 6.97. The molecule has 5 amide bonds. The summed E-state index contributed by atoms with van der Waals surface area (Å²) < 4.78 is -0.0306. The van der Waals surface area contributed by atoms with Crippen molar-refractivity contribution >= 4 is 86.8 Å². The van der Waals surface area contributed by atoms with Crippen molar-refractivity contribution in [1.29, 1.82) is 0 Å². The minimum Gasteiger partial charge on any atom is -0.481 e. The lowest BCUT2D eigenvalue weighted by atomic mass is 10.0. The Kier molecular flexibility index (Phi) is 22.9. The number of carboxylic acid groups (broad SMARTS) is 5. The van der Waals surface area contributed by atoms with E-state index in [2.05, 4.69) is 10.6 Å². The summed E-state index contributed by atoms with van der Waals surface area (Å²) in [6, 6.07) is -8.39. The molecule has 0 saturated carbocycles. The number of amides is 5. The molecule has 21 nitrogen and oxygen atoms in total. The molecule has 0 fully saturated rings. The Morgan fingerprint density at radius 3 is 1.20 bits per heavy atom. The first-order valence-electron chi connectivity index (χ1n) is 16.8. The second-order valence-electron chi connectivity index (χ2n) is 13.2. The number of Topliss-reactive ketones (excluding diaryl/α,β-unsaturated/α-hetero) is 1. The van der Waals surface area contributed by atoms with Crippen LogP contribution in [0.4, 0.5) is 0 Å². The van der Waals surface area contributed by atoms with Crippen molar-refractivity contribution in [1.82, 2.24) is 26.6 Å². The molecule has 0 bridgehead atoms. The fraction of sp³-hybridized carbons (Fsp3) is 0.656. The van der Waals surface area contributed by atoms with Crippen LogP contribution in [0.2, 0.25) is 0 Å². The molecule has 0 rings (SSSR count). The van der Waals surface area contributed by atoms with E-state index >= 15 is 0 Å². The number of carboxylic acids is 5. The van der Waals surface area contributed by atoms with E-state index in [1.54, 1.807) is 16.1 Å². The fourth-order valence-electron chi connectivity index (χ4n) is 4.41. The van der Waals surface area contributed by atoms with E-state index in [1.807, 2.05) is 31.4 Å². The van der Waals surface area contributed by atoms with Crippen LogP contribution in [-0.2, 0) is 52.7 Å². The van der Waals surface area contributed by atoms with Gasteiger partial charge in [0.15, 0.2) is 5.78 Å². The Labute approximate surface area is 323 Å². The van der Waals surface area contributed by atoms with Crippen LogP contribution in [0.5, 0.6) is 0 Å². The van der Waals surface area contributed by atoms with Crippen LogP contribution in [0.25, 0.3) is 0 Å². The van der Waals surface area contributed by atoms with E-state index in [9.17, 15) is 68.1 Å². The summed E-state index contributed by atoms with van der Waals surface area (Å²) in [6.45, 7) is 7.41.